The van der Waals surface area contributed by atoms with Gasteiger partial charge < -0.3 is 18.6 Å². The number of fused-ring (bicyclic) bond motifs is 1. The lowest BCUT2D eigenvalue weighted by atomic mass is 10.2. The largest absolute Gasteiger partial charge is 0.486 e. The van der Waals surface area contributed by atoms with Crippen LogP contribution in [0.5, 0.6) is 11.5 Å². The number of benzene rings is 1. The Balaban J connectivity index is 1.73. The molecule has 0 fully saturated rings. The average Bonchev–Trinajstić information content (AvgIpc) is 2.99. The minimum atomic E-state index is -0.503. The molecular formula is C14H11BrO5. The first-order valence-corrected chi connectivity index (χ1v) is 6.82. The van der Waals surface area contributed by atoms with Crippen LogP contribution in [-0.4, -0.2) is 19.2 Å². The molecule has 1 aliphatic rings. The minimum absolute atomic E-state index is 0.122. The van der Waals surface area contributed by atoms with Crippen molar-refractivity contribution < 1.29 is 23.4 Å². The van der Waals surface area contributed by atoms with E-state index in [0.29, 0.717) is 24.7 Å². The van der Waals surface area contributed by atoms with Crippen LogP contribution in [0.3, 0.4) is 0 Å². The molecule has 2 heterocycles. The first-order valence-electron chi connectivity index (χ1n) is 6.02. The highest BCUT2D eigenvalue weighted by Crippen LogP contribution is 2.35. The van der Waals surface area contributed by atoms with Gasteiger partial charge in [0.2, 0.25) is 5.76 Å². The highest BCUT2D eigenvalue weighted by atomic mass is 79.9. The van der Waals surface area contributed by atoms with Gasteiger partial charge in [0, 0.05) is 10.0 Å². The van der Waals surface area contributed by atoms with Gasteiger partial charge >= 0.3 is 5.97 Å². The molecule has 1 aromatic heterocycles. The minimum Gasteiger partial charge on any atom is -0.486 e. The molecule has 0 N–H and O–H groups in total. The Hall–Kier alpha value is -1.95. The Bertz CT molecular complexity index is 621. The second-order valence-corrected chi connectivity index (χ2v) is 5.00. The molecule has 1 aliphatic heterocycles. The maximum Gasteiger partial charge on any atom is 0.374 e. The van der Waals surface area contributed by atoms with Gasteiger partial charge in [-0.05, 0) is 24.3 Å². The number of furan rings is 1. The van der Waals surface area contributed by atoms with E-state index >= 15 is 0 Å². The summed E-state index contributed by atoms with van der Waals surface area (Å²) in [6.45, 7) is 1.17. The number of carbonyl (C=O) groups excluding carboxylic acids is 1. The standard InChI is InChI=1S/C14H11BrO5/c15-10-7-13-12(18-4-5-19-13)6-9(10)8-20-14(16)11-2-1-3-17-11/h1-3,6-7H,4-5,8H2. The van der Waals surface area contributed by atoms with Crippen molar-refractivity contribution in [3.05, 3.63) is 46.3 Å². The maximum atomic E-state index is 11.7. The van der Waals surface area contributed by atoms with Crippen molar-refractivity contribution >= 4 is 21.9 Å². The SMILES string of the molecule is O=C(OCc1cc2c(cc1Br)OCCO2)c1ccco1. The third-order valence-corrected chi connectivity index (χ3v) is 3.53. The van der Waals surface area contributed by atoms with Crippen molar-refractivity contribution in [3.63, 3.8) is 0 Å². The molecule has 0 saturated heterocycles. The molecular weight excluding hydrogens is 328 g/mol. The monoisotopic (exact) mass is 338 g/mol. The summed E-state index contributed by atoms with van der Waals surface area (Å²) in [5, 5.41) is 0. The van der Waals surface area contributed by atoms with E-state index in [1.165, 1.54) is 6.26 Å². The quantitative estimate of drug-likeness (QED) is 0.804. The molecule has 0 aliphatic carbocycles. The molecule has 1 aromatic carbocycles. The van der Waals surface area contributed by atoms with Gasteiger partial charge in [-0.3, -0.25) is 0 Å². The fourth-order valence-electron chi connectivity index (χ4n) is 1.83. The lowest BCUT2D eigenvalue weighted by Gasteiger charge is -2.19. The number of hydrogen-bond acceptors (Lipinski definition) is 5. The Morgan fingerprint density at radius 2 is 2.00 bits per heavy atom. The van der Waals surface area contributed by atoms with Crippen LogP contribution in [0, 0.1) is 0 Å². The molecule has 0 bridgehead atoms. The van der Waals surface area contributed by atoms with E-state index in [-0.39, 0.29) is 12.4 Å². The zero-order chi connectivity index (χ0) is 13.9. The Labute approximate surface area is 123 Å². The number of carbonyl (C=O) groups is 1. The molecule has 6 heteroatoms. The van der Waals surface area contributed by atoms with E-state index in [9.17, 15) is 4.79 Å². The van der Waals surface area contributed by atoms with Gasteiger partial charge in [-0.25, -0.2) is 4.79 Å². The van der Waals surface area contributed by atoms with Crippen LogP contribution in [-0.2, 0) is 11.3 Å². The fraction of sp³-hybridized carbons (Fsp3) is 0.214. The van der Waals surface area contributed by atoms with Crippen LogP contribution in [0.2, 0.25) is 0 Å². The molecule has 0 spiro atoms. The first-order chi connectivity index (χ1) is 9.74. The molecule has 0 atom stereocenters. The molecule has 5 nitrogen and oxygen atoms in total. The van der Waals surface area contributed by atoms with E-state index in [1.54, 1.807) is 18.2 Å². The lowest BCUT2D eigenvalue weighted by molar-refractivity contribution is 0.0434. The van der Waals surface area contributed by atoms with Gasteiger partial charge in [0.1, 0.15) is 19.8 Å². The molecule has 20 heavy (non-hydrogen) atoms. The van der Waals surface area contributed by atoms with Gasteiger partial charge in [0.05, 0.1) is 6.26 Å². The van der Waals surface area contributed by atoms with E-state index in [4.69, 9.17) is 18.6 Å². The molecule has 0 amide bonds. The molecule has 104 valence electrons. The van der Waals surface area contributed by atoms with Crippen molar-refractivity contribution in [1.82, 2.24) is 0 Å². The number of esters is 1. The Morgan fingerprint density at radius 3 is 2.70 bits per heavy atom. The van der Waals surface area contributed by atoms with Crippen LogP contribution in [0.25, 0.3) is 0 Å². The van der Waals surface area contributed by atoms with Crippen LogP contribution < -0.4 is 9.47 Å². The van der Waals surface area contributed by atoms with E-state index in [1.807, 2.05) is 6.07 Å². The van der Waals surface area contributed by atoms with Crippen LogP contribution in [0.15, 0.2) is 39.4 Å². The number of halogens is 1. The third-order valence-electron chi connectivity index (χ3n) is 2.79. The first kappa shape index (κ1) is 13.1. The topological polar surface area (TPSA) is 57.9 Å². The zero-order valence-corrected chi connectivity index (χ0v) is 12.0. The summed E-state index contributed by atoms with van der Waals surface area (Å²) in [6.07, 6.45) is 1.43. The molecule has 2 aromatic rings. The predicted molar refractivity (Wildman–Crippen MR) is 73.0 cm³/mol. The summed E-state index contributed by atoms with van der Waals surface area (Å²) in [6, 6.07) is 6.80. The van der Waals surface area contributed by atoms with Crippen LogP contribution in [0.4, 0.5) is 0 Å². The predicted octanol–water partition coefficient (Wildman–Crippen LogP) is 3.17. The molecule has 0 radical (unpaired) electrons. The van der Waals surface area contributed by atoms with Gasteiger partial charge in [0.25, 0.3) is 0 Å². The summed E-state index contributed by atoms with van der Waals surface area (Å²) in [5.41, 5.74) is 0.800. The van der Waals surface area contributed by atoms with Gasteiger partial charge in [-0.1, -0.05) is 15.9 Å². The van der Waals surface area contributed by atoms with Crippen molar-refractivity contribution in [2.45, 2.75) is 6.61 Å². The Morgan fingerprint density at radius 1 is 1.25 bits per heavy atom. The third kappa shape index (κ3) is 2.65. The molecule has 3 rings (SSSR count). The van der Waals surface area contributed by atoms with Crippen molar-refractivity contribution in [1.29, 1.82) is 0 Å². The van der Waals surface area contributed by atoms with Gasteiger partial charge in [0.15, 0.2) is 11.5 Å². The summed E-state index contributed by atoms with van der Waals surface area (Å²) in [4.78, 5) is 11.7. The number of hydrogen-bond donors (Lipinski definition) is 0. The Kier molecular flexibility index (Phi) is 3.64. The highest BCUT2D eigenvalue weighted by Gasteiger charge is 2.16. The van der Waals surface area contributed by atoms with E-state index in [0.717, 1.165) is 10.0 Å². The van der Waals surface area contributed by atoms with E-state index < -0.39 is 5.97 Å². The summed E-state index contributed by atoms with van der Waals surface area (Å²) >= 11 is 3.42. The zero-order valence-electron chi connectivity index (χ0n) is 10.4. The summed E-state index contributed by atoms with van der Waals surface area (Å²) < 4.78 is 21.9. The summed E-state index contributed by atoms with van der Waals surface area (Å²) in [5.74, 6) is 1.02. The van der Waals surface area contributed by atoms with Crippen molar-refractivity contribution in [2.75, 3.05) is 13.2 Å². The second-order valence-electron chi connectivity index (χ2n) is 4.14. The molecule has 0 unspecified atom stereocenters. The van der Waals surface area contributed by atoms with Gasteiger partial charge in [-0.15, -0.1) is 0 Å². The number of rotatable bonds is 3. The van der Waals surface area contributed by atoms with Crippen LogP contribution in [0.1, 0.15) is 16.1 Å². The maximum absolute atomic E-state index is 11.7. The second kappa shape index (κ2) is 5.58. The average molecular weight is 339 g/mol. The highest BCUT2D eigenvalue weighted by molar-refractivity contribution is 9.10. The number of ether oxygens (including phenoxy) is 3. The summed E-state index contributed by atoms with van der Waals surface area (Å²) in [7, 11) is 0. The van der Waals surface area contributed by atoms with E-state index in [2.05, 4.69) is 15.9 Å². The fourth-order valence-corrected chi connectivity index (χ4v) is 2.26. The van der Waals surface area contributed by atoms with Crippen molar-refractivity contribution in [2.24, 2.45) is 0 Å². The smallest absolute Gasteiger partial charge is 0.374 e. The molecule has 0 saturated carbocycles. The normalized spacial score (nSPS) is 13.1. The van der Waals surface area contributed by atoms with Gasteiger partial charge in [-0.2, -0.15) is 0 Å². The van der Waals surface area contributed by atoms with Crippen LogP contribution >= 0.6 is 15.9 Å². The van der Waals surface area contributed by atoms with Crippen molar-refractivity contribution in [3.8, 4) is 11.5 Å². The lowest BCUT2D eigenvalue weighted by Crippen LogP contribution is -2.15.